The Morgan fingerprint density at radius 2 is 1.88 bits per heavy atom. The first-order valence-corrected chi connectivity index (χ1v) is 6.92. The largest absolute Gasteiger partial charge is 0.306 e. The van der Waals surface area contributed by atoms with Crippen molar-refractivity contribution in [1.29, 1.82) is 0 Å². The van der Waals surface area contributed by atoms with Gasteiger partial charge in [-0.2, -0.15) is 0 Å². The Bertz CT molecular complexity index is 249. The zero-order valence-electron chi connectivity index (χ0n) is 11.8. The van der Waals surface area contributed by atoms with Crippen molar-refractivity contribution in [3.63, 3.8) is 0 Å². The van der Waals surface area contributed by atoms with Crippen molar-refractivity contribution in [2.75, 3.05) is 20.1 Å². The third kappa shape index (κ3) is 9.19. The fraction of sp³-hybridized carbons (Fsp3) is 0.571. The quantitative estimate of drug-likeness (QED) is 0.613. The maximum absolute atomic E-state index is 13.2. The molecule has 0 amide bonds. The Hall–Kier alpha value is -0.540. The van der Waals surface area contributed by atoms with Crippen LogP contribution in [0.3, 0.4) is 0 Å². The van der Waals surface area contributed by atoms with Crippen LogP contribution in [0.2, 0.25) is 0 Å². The average Bonchev–Trinajstić information content (AvgIpc) is 2.37. The molecule has 0 bridgehead atoms. The first-order chi connectivity index (χ1) is 8.04. The van der Waals surface area contributed by atoms with Gasteiger partial charge in [-0.1, -0.05) is 46.9 Å². The van der Waals surface area contributed by atoms with Crippen molar-refractivity contribution in [1.82, 2.24) is 4.90 Å². The normalized spacial score (nSPS) is 13.4. The van der Waals surface area contributed by atoms with Gasteiger partial charge in [0.15, 0.2) is 0 Å². The van der Waals surface area contributed by atoms with Crippen molar-refractivity contribution in [2.24, 2.45) is 0 Å². The molecule has 1 atom stereocenters. The van der Waals surface area contributed by atoms with Gasteiger partial charge in [-0.15, -0.1) is 11.8 Å². The lowest BCUT2D eigenvalue weighted by Gasteiger charge is -2.19. The van der Waals surface area contributed by atoms with E-state index in [1.165, 1.54) is 17.8 Å². The molecule has 3 heteroatoms. The van der Waals surface area contributed by atoms with E-state index in [4.69, 9.17) is 0 Å². The molecule has 0 radical (unpaired) electrons. The molecule has 0 aromatic heterocycles. The maximum Gasteiger partial charge on any atom is 0.136 e. The summed E-state index contributed by atoms with van der Waals surface area (Å²) < 4.78 is 13.2. The van der Waals surface area contributed by atoms with Gasteiger partial charge < -0.3 is 4.90 Å². The third-order valence-electron chi connectivity index (χ3n) is 2.04. The number of nitrogens with zero attached hydrogens (tertiary/aromatic N) is 1. The molecule has 0 saturated heterocycles. The molecule has 0 heterocycles. The molecule has 0 aromatic carbocycles. The van der Waals surface area contributed by atoms with Crippen LogP contribution in [0.5, 0.6) is 0 Å². The Balaban J connectivity index is 0. The topological polar surface area (TPSA) is 3.24 Å². The van der Waals surface area contributed by atoms with Crippen LogP contribution in [0.4, 0.5) is 4.39 Å². The summed E-state index contributed by atoms with van der Waals surface area (Å²) in [5.41, 5.74) is 0. The average molecular weight is 259 g/mol. The number of halogens is 1. The molecule has 0 saturated carbocycles. The highest BCUT2D eigenvalue weighted by Gasteiger charge is 2.09. The molecule has 0 aliphatic heterocycles. The summed E-state index contributed by atoms with van der Waals surface area (Å²) in [6.07, 6.45) is 2.77. The standard InChI is InChI=1S/C12H20FNS.C2H6/c1-6-11(13)12(7-2)15-10(4)9-14(5)8-3;1-2/h6-7,10H,1-2,8-9H2,3-5H3;1-2H3/b12-11-;. The van der Waals surface area contributed by atoms with Crippen molar-refractivity contribution >= 4 is 11.8 Å². The monoisotopic (exact) mass is 259 g/mol. The minimum Gasteiger partial charge on any atom is -0.306 e. The smallest absolute Gasteiger partial charge is 0.136 e. The summed E-state index contributed by atoms with van der Waals surface area (Å²) in [4.78, 5) is 2.77. The molecule has 0 aliphatic rings. The van der Waals surface area contributed by atoms with E-state index in [1.54, 1.807) is 6.08 Å². The van der Waals surface area contributed by atoms with Gasteiger partial charge in [-0.25, -0.2) is 4.39 Å². The van der Waals surface area contributed by atoms with Gasteiger partial charge >= 0.3 is 0 Å². The van der Waals surface area contributed by atoms with Crippen LogP contribution in [0.15, 0.2) is 36.0 Å². The van der Waals surface area contributed by atoms with Crippen molar-refractivity contribution < 1.29 is 4.39 Å². The Morgan fingerprint density at radius 1 is 1.35 bits per heavy atom. The minimum atomic E-state index is -0.291. The van der Waals surface area contributed by atoms with E-state index in [0.29, 0.717) is 10.2 Å². The third-order valence-corrected chi connectivity index (χ3v) is 3.20. The molecule has 17 heavy (non-hydrogen) atoms. The van der Waals surface area contributed by atoms with Crippen LogP contribution in [-0.4, -0.2) is 30.3 Å². The van der Waals surface area contributed by atoms with Gasteiger partial charge in [-0.3, -0.25) is 0 Å². The molecule has 0 N–H and O–H groups in total. The van der Waals surface area contributed by atoms with E-state index in [9.17, 15) is 4.39 Å². The first kappa shape index (κ1) is 18.8. The molecule has 1 unspecified atom stereocenters. The highest BCUT2D eigenvalue weighted by atomic mass is 32.2. The number of allylic oxidation sites excluding steroid dienone is 3. The lowest BCUT2D eigenvalue weighted by molar-refractivity contribution is 0.358. The number of thioether (sulfide) groups is 1. The van der Waals surface area contributed by atoms with Crippen LogP contribution >= 0.6 is 11.8 Å². The van der Waals surface area contributed by atoms with Gasteiger partial charge in [0.2, 0.25) is 0 Å². The summed E-state index contributed by atoms with van der Waals surface area (Å²) in [6.45, 7) is 17.1. The summed E-state index contributed by atoms with van der Waals surface area (Å²) in [5, 5.41) is 0.341. The highest BCUT2D eigenvalue weighted by Crippen LogP contribution is 2.27. The van der Waals surface area contributed by atoms with E-state index in [0.717, 1.165) is 13.1 Å². The lowest BCUT2D eigenvalue weighted by Crippen LogP contribution is -2.25. The number of hydrogen-bond donors (Lipinski definition) is 0. The van der Waals surface area contributed by atoms with Crippen LogP contribution in [-0.2, 0) is 0 Å². The Kier molecular flexibility index (Phi) is 13.2. The molecule has 0 aromatic rings. The molecule has 0 spiro atoms. The minimum absolute atomic E-state index is 0.291. The molecule has 0 fully saturated rings. The van der Waals surface area contributed by atoms with Gasteiger partial charge in [-0.05, 0) is 19.7 Å². The predicted molar refractivity (Wildman–Crippen MR) is 80.1 cm³/mol. The van der Waals surface area contributed by atoms with E-state index in [2.05, 4.69) is 39.0 Å². The SMILES string of the molecule is C=C/C(F)=C(\C=C)SC(C)CN(C)CC.CC. The predicted octanol–water partition coefficient (Wildman–Crippen LogP) is 4.64. The Morgan fingerprint density at radius 3 is 2.24 bits per heavy atom. The molecule has 0 aliphatic carbocycles. The summed E-state index contributed by atoms with van der Waals surface area (Å²) in [5.74, 6) is -0.291. The fourth-order valence-electron chi connectivity index (χ4n) is 1.12. The van der Waals surface area contributed by atoms with E-state index < -0.39 is 0 Å². The van der Waals surface area contributed by atoms with Gasteiger partial charge in [0.25, 0.3) is 0 Å². The van der Waals surface area contributed by atoms with Gasteiger partial charge in [0.1, 0.15) is 5.83 Å². The van der Waals surface area contributed by atoms with Crippen molar-refractivity contribution in [3.05, 3.63) is 36.0 Å². The van der Waals surface area contributed by atoms with E-state index in [1.807, 2.05) is 13.8 Å². The van der Waals surface area contributed by atoms with Crippen LogP contribution in [0.25, 0.3) is 0 Å². The molecule has 0 rings (SSSR count). The molecule has 100 valence electrons. The van der Waals surface area contributed by atoms with Gasteiger partial charge in [0.05, 0.1) is 0 Å². The second kappa shape index (κ2) is 11.9. The van der Waals surface area contributed by atoms with E-state index >= 15 is 0 Å². The van der Waals surface area contributed by atoms with Gasteiger partial charge in [0, 0.05) is 16.7 Å². The Labute approximate surface area is 110 Å². The maximum atomic E-state index is 13.2. The van der Waals surface area contributed by atoms with Crippen LogP contribution in [0, 0.1) is 0 Å². The van der Waals surface area contributed by atoms with Crippen LogP contribution < -0.4 is 0 Å². The second-order valence-corrected chi connectivity index (χ2v) is 4.88. The van der Waals surface area contributed by atoms with Crippen molar-refractivity contribution in [3.8, 4) is 0 Å². The fourth-order valence-corrected chi connectivity index (χ4v) is 2.18. The number of hydrogen-bond acceptors (Lipinski definition) is 2. The highest BCUT2D eigenvalue weighted by molar-refractivity contribution is 8.03. The summed E-state index contributed by atoms with van der Waals surface area (Å²) in [7, 11) is 2.05. The van der Waals surface area contributed by atoms with Crippen LogP contribution in [0.1, 0.15) is 27.7 Å². The molecule has 1 nitrogen and oxygen atoms in total. The van der Waals surface area contributed by atoms with Crippen molar-refractivity contribution in [2.45, 2.75) is 32.9 Å². The summed E-state index contributed by atoms with van der Waals surface area (Å²) in [6, 6.07) is 0. The number of rotatable bonds is 7. The zero-order chi connectivity index (χ0) is 13.8. The second-order valence-electron chi connectivity index (χ2n) is 3.40. The lowest BCUT2D eigenvalue weighted by atomic mass is 10.4. The molecular formula is C14H26FNS. The molecular weight excluding hydrogens is 233 g/mol. The van der Waals surface area contributed by atoms with E-state index in [-0.39, 0.29) is 5.83 Å². The summed E-state index contributed by atoms with van der Waals surface area (Å²) >= 11 is 1.49. The zero-order valence-corrected chi connectivity index (χ0v) is 12.6. The first-order valence-electron chi connectivity index (χ1n) is 6.05.